The van der Waals surface area contributed by atoms with E-state index in [0.29, 0.717) is 0 Å². The van der Waals surface area contributed by atoms with Crippen LogP contribution in [0.25, 0.3) is 11.6 Å². The molecule has 0 saturated carbocycles. The van der Waals surface area contributed by atoms with E-state index in [2.05, 4.69) is 39.0 Å². The quantitative estimate of drug-likeness (QED) is 0.811. The Hall–Kier alpha value is -2.55. The fourth-order valence-corrected chi connectivity index (χ4v) is 3.03. The highest BCUT2D eigenvalue weighted by atomic mass is 16.5. The van der Waals surface area contributed by atoms with E-state index in [1.54, 1.807) is 24.3 Å². The molecule has 0 spiro atoms. The lowest BCUT2D eigenvalue weighted by Crippen LogP contribution is -2.26. The van der Waals surface area contributed by atoms with Crippen LogP contribution in [0.4, 0.5) is 0 Å². The second-order valence-electron chi connectivity index (χ2n) is 6.93. The molecule has 2 aromatic carbocycles. The zero-order valence-corrected chi connectivity index (χ0v) is 14.3. The van der Waals surface area contributed by atoms with E-state index in [1.165, 1.54) is 5.56 Å². The molecular formula is C21H21O3-. The van der Waals surface area contributed by atoms with Crippen LogP contribution in [0.5, 0.6) is 5.75 Å². The number of hydrogen-bond donors (Lipinski definition) is 0. The van der Waals surface area contributed by atoms with Crippen molar-refractivity contribution in [1.82, 2.24) is 0 Å². The first-order chi connectivity index (χ1) is 11.4. The van der Waals surface area contributed by atoms with Gasteiger partial charge in [-0.2, -0.15) is 0 Å². The van der Waals surface area contributed by atoms with Crippen LogP contribution in [0.1, 0.15) is 54.2 Å². The smallest absolute Gasteiger partial charge is 0.123 e. The summed E-state index contributed by atoms with van der Waals surface area (Å²) in [5.41, 5.74) is 4.78. The minimum atomic E-state index is -1.15. The maximum atomic E-state index is 10.8. The number of fused-ring (bicyclic) bond motifs is 1. The van der Waals surface area contributed by atoms with Crippen LogP contribution in [0.2, 0.25) is 0 Å². The van der Waals surface area contributed by atoms with Gasteiger partial charge in [-0.3, -0.25) is 0 Å². The molecule has 0 saturated heterocycles. The summed E-state index contributed by atoms with van der Waals surface area (Å²) in [6.45, 7) is 7.32. The zero-order valence-electron chi connectivity index (χ0n) is 14.3. The Bertz CT molecular complexity index is 798. The predicted molar refractivity (Wildman–Crippen MR) is 93.9 cm³/mol. The van der Waals surface area contributed by atoms with Gasteiger partial charge in [0.25, 0.3) is 0 Å². The van der Waals surface area contributed by atoms with Crippen molar-refractivity contribution in [3.63, 3.8) is 0 Å². The van der Waals surface area contributed by atoms with E-state index in [-0.39, 0.29) is 11.0 Å². The van der Waals surface area contributed by atoms with Gasteiger partial charge in [0, 0.05) is 5.56 Å². The summed E-state index contributed by atoms with van der Waals surface area (Å²) in [7, 11) is 0. The van der Waals surface area contributed by atoms with Gasteiger partial charge in [0.1, 0.15) is 5.75 Å². The standard InChI is InChI=1S/C21H22O3/c1-14(12-15-4-6-16(7-5-15)20(22)23)17-8-9-19-18(13-17)21(2,3)10-11-24-19/h4-9,12-13H,10-11H2,1-3H3,(H,22,23)/p-1/b14-12+. The summed E-state index contributed by atoms with van der Waals surface area (Å²) >= 11 is 0. The first-order valence-corrected chi connectivity index (χ1v) is 8.14. The molecule has 0 unspecified atom stereocenters. The number of ether oxygens (including phenoxy) is 1. The van der Waals surface area contributed by atoms with Crippen LogP contribution < -0.4 is 9.84 Å². The Balaban J connectivity index is 1.92. The normalized spacial score (nSPS) is 16.2. The van der Waals surface area contributed by atoms with E-state index in [9.17, 15) is 9.90 Å². The molecule has 0 amide bonds. The number of carbonyl (C=O) groups is 1. The second kappa shape index (κ2) is 6.16. The highest BCUT2D eigenvalue weighted by Crippen LogP contribution is 2.39. The summed E-state index contributed by atoms with van der Waals surface area (Å²) in [5.74, 6) is -0.180. The molecule has 0 bridgehead atoms. The fraction of sp³-hybridized carbons (Fsp3) is 0.286. The van der Waals surface area contributed by atoms with Gasteiger partial charge in [0.05, 0.1) is 12.6 Å². The molecule has 1 aliphatic heterocycles. The Morgan fingerprint density at radius 1 is 1.12 bits per heavy atom. The van der Waals surface area contributed by atoms with Gasteiger partial charge < -0.3 is 14.6 Å². The number of carbonyl (C=O) groups excluding carboxylic acids is 1. The molecule has 3 rings (SSSR count). The molecule has 24 heavy (non-hydrogen) atoms. The van der Waals surface area contributed by atoms with E-state index in [0.717, 1.165) is 35.5 Å². The average molecular weight is 321 g/mol. The van der Waals surface area contributed by atoms with Gasteiger partial charge in [-0.25, -0.2) is 0 Å². The van der Waals surface area contributed by atoms with Gasteiger partial charge in [0.15, 0.2) is 0 Å². The summed E-state index contributed by atoms with van der Waals surface area (Å²) in [4.78, 5) is 10.8. The largest absolute Gasteiger partial charge is 0.545 e. The monoisotopic (exact) mass is 321 g/mol. The molecule has 0 aliphatic carbocycles. The van der Waals surface area contributed by atoms with Gasteiger partial charge in [0.2, 0.25) is 0 Å². The third-order valence-electron chi connectivity index (χ3n) is 4.68. The molecule has 1 heterocycles. The van der Waals surface area contributed by atoms with Gasteiger partial charge in [-0.1, -0.05) is 50.3 Å². The first kappa shape index (κ1) is 16.3. The first-order valence-electron chi connectivity index (χ1n) is 8.14. The Labute approximate surface area is 142 Å². The van der Waals surface area contributed by atoms with E-state index in [1.807, 2.05) is 6.07 Å². The molecule has 0 aromatic heterocycles. The lowest BCUT2D eigenvalue weighted by Gasteiger charge is -2.32. The predicted octanol–water partition coefficient (Wildman–Crippen LogP) is 3.67. The Morgan fingerprint density at radius 3 is 2.46 bits per heavy atom. The fourth-order valence-electron chi connectivity index (χ4n) is 3.03. The van der Waals surface area contributed by atoms with Crippen molar-refractivity contribution < 1.29 is 14.6 Å². The van der Waals surface area contributed by atoms with Crippen LogP contribution in [0, 0.1) is 0 Å². The highest BCUT2D eigenvalue weighted by Gasteiger charge is 2.28. The van der Waals surface area contributed by atoms with Gasteiger partial charge >= 0.3 is 0 Å². The number of rotatable bonds is 3. The maximum Gasteiger partial charge on any atom is 0.123 e. The highest BCUT2D eigenvalue weighted by molar-refractivity contribution is 5.87. The molecule has 2 aromatic rings. The van der Waals surface area contributed by atoms with Crippen LogP contribution in [-0.4, -0.2) is 12.6 Å². The Morgan fingerprint density at radius 2 is 1.79 bits per heavy atom. The molecule has 0 atom stereocenters. The van der Waals surface area contributed by atoms with Crippen molar-refractivity contribution >= 4 is 17.6 Å². The minimum Gasteiger partial charge on any atom is -0.545 e. The molecule has 0 radical (unpaired) electrons. The number of hydrogen-bond acceptors (Lipinski definition) is 3. The Kier molecular flexibility index (Phi) is 4.18. The minimum absolute atomic E-state index is 0.111. The van der Waals surface area contributed by atoms with Crippen molar-refractivity contribution in [3.05, 3.63) is 64.7 Å². The van der Waals surface area contributed by atoms with Crippen molar-refractivity contribution in [2.45, 2.75) is 32.6 Å². The van der Waals surface area contributed by atoms with Crippen LogP contribution in [0.15, 0.2) is 42.5 Å². The van der Waals surface area contributed by atoms with E-state index >= 15 is 0 Å². The number of carboxylic acids is 1. The van der Waals surface area contributed by atoms with Crippen molar-refractivity contribution in [2.24, 2.45) is 0 Å². The van der Waals surface area contributed by atoms with Crippen molar-refractivity contribution in [2.75, 3.05) is 6.61 Å². The topological polar surface area (TPSA) is 49.4 Å². The van der Waals surface area contributed by atoms with Gasteiger partial charge in [-0.15, -0.1) is 0 Å². The summed E-state index contributed by atoms with van der Waals surface area (Å²) in [6.07, 6.45) is 3.06. The van der Waals surface area contributed by atoms with Crippen LogP contribution >= 0.6 is 0 Å². The average Bonchev–Trinajstić information content (AvgIpc) is 2.55. The lowest BCUT2D eigenvalue weighted by atomic mass is 9.79. The zero-order chi connectivity index (χ0) is 17.3. The van der Waals surface area contributed by atoms with Crippen molar-refractivity contribution in [1.29, 1.82) is 0 Å². The molecule has 0 N–H and O–H groups in total. The summed E-state index contributed by atoms with van der Waals surface area (Å²) in [5, 5.41) is 10.8. The van der Waals surface area contributed by atoms with Crippen LogP contribution in [-0.2, 0) is 5.41 Å². The molecule has 1 aliphatic rings. The SMILES string of the molecule is C/C(=C\c1ccc(C(=O)[O-])cc1)c1ccc2c(c1)C(C)(C)CCO2. The summed E-state index contributed by atoms with van der Waals surface area (Å²) < 4.78 is 5.77. The number of aromatic carboxylic acids is 1. The molecule has 124 valence electrons. The van der Waals surface area contributed by atoms with Gasteiger partial charge in [-0.05, 0) is 53.2 Å². The third kappa shape index (κ3) is 3.21. The molecule has 3 heteroatoms. The number of benzene rings is 2. The lowest BCUT2D eigenvalue weighted by molar-refractivity contribution is -0.255. The van der Waals surface area contributed by atoms with E-state index in [4.69, 9.17) is 4.74 Å². The maximum absolute atomic E-state index is 10.8. The summed E-state index contributed by atoms with van der Waals surface area (Å²) in [6, 6.07) is 13.0. The number of allylic oxidation sites excluding steroid dienone is 1. The third-order valence-corrected chi connectivity index (χ3v) is 4.68. The number of carboxylic acid groups (broad SMARTS) is 1. The molecule has 0 fully saturated rings. The van der Waals surface area contributed by atoms with Crippen LogP contribution in [0.3, 0.4) is 0 Å². The van der Waals surface area contributed by atoms with E-state index < -0.39 is 5.97 Å². The second-order valence-corrected chi connectivity index (χ2v) is 6.93. The molecule has 3 nitrogen and oxygen atoms in total. The molecular weight excluding hydrogens is 300 g/mol. The van der Waals surface area contributed by atoms with Crippen molar-refractivity contribution in [3.8, 4) is 5.75 Å².